The number of thiazole rings is 1. The zero-order valence-electron chi connectivity index (χ0n) is 7.75. The molecule has 1 aliphatic carbocycles. The molecule has 13 heavy (non-hydrogen) atoms. The van der Waals surface area contributed by atoms with E-state index in [2.05, 4.69) is 16.6 Å². The van der Waals surface area contributed by atoms with E-state index in [-0.39, 0.29) is 0 Å². The van der Waals surface area contributed by atoms with Crippen molar-refractivity contribution in [3.8, 4) is 0 Å². The van der Waals surface area contributed by atoms with E-state index in [1.807, 2.05) is 29.3 Å². The summed E-state index contributed by atoms with van der Waals surface area (Å²) in [6.45, 7) is 1.01. The SMILES string of the molecule is CSCc1ncc(CNC2CC2)s1. The van der Waals surface area contributed by atoms with Gasteiger partial charge in [-0.1, -0.05) is 0 Å². The Bertz CT molecular complexity index is 268. The summed E-state index contributed by atoms with van der Waals surface area (Å²) in [5, 5.41) is 4.74. The highest BCUT2D eigenvalue weighted by Gasteiger charge is 2.20. The third-order valence-electron chi connectivity index (χ3n) is 2.01. The van der Waals surface area contributed by atoms with E-state index in [1.165, 1.54) is 22.7 Å². The molecule has 0 amide bonds. The Labute approximate surface area is 87.1 Å². The Hall–Kier alpha value is -0.0600. The minimum absolute atomic E-state index is 0.797. The number of thioether (sulfide) groups is 1. The van der Waals surface area contributed by atoms with E-state index in [9.17, 15) is 0 Å². The van der Waals surface area contributed by atoms with Crippen molar-refractivity contribution in [3.63, 3.8) is 0 Å². The molecule has 1 heterocycles. The lowest BCUT2D eigenvalue weighted by Gasteiger charge is -1.96. The van der Waals surface area contributed by atoms with Crippen LogP contribution in [0, 0.1) is 0 Å². The molecular weight excluding hydrogens is 200 g/mol. The molecule has 0 atom stereocenters. The minimum Gasteiger partial charge on any atom is -0.309 e. The summed E-state index contributed by atoms with van der Waals surface area (Å²) in [6.07, 6.45) is 6.84. The highest BCUT2D eigenvalue weighted by molar-refractivity contribution is 7.97. The molecule has 0 saturated heterocycles. The van der Waals surface area contributed by atoms with Crippen molar-refractivity contribution in [3.05, 3.63) is 16.1 Å². The summed E-state index contributed by atoms with van der Waals surface area (Å²) in [5.74, 6) is 1.05. The second-order valence-corrected chi connectivity index (χ2v) is 5.37. The van der Waals surface area contributed by atoms with Crippen LogP contribution in [0.25, 0.3) is 0 Å². The predicted octanol–water partition coefficient (Wildman–Crippen LogP) is 2.26. The fourth-order valence-electron chi connectivity index (χ4n) is 1.15. The van der Waals surface area contributed by atoms with E-state index >= 15 is 0 Å². The quantitative estimate of drug-likeness (QED) is 0.814. The highest BCUT2D eigenvalue weighted by atomic mass is 32.2. The molecule has 2 nitrogen and oxygen atoms in total. The van der Waals surface area contributed by atoms with Crippen LogP contribution >= 0.6 is 23.1 Å². The second-order valence-electron chi connectivity index (χ2n) is 3.31. The largest absolute Gasteiger partial charge is 0.309 e. The van der Waals surface area contributed by atoms with Crippen LogP contribution in [0.1, 0.15) is 22.7 Å². The van der Waals surface area contributed by atoms with Gasteiger partial charge in [0, 0.05) is 29.4 Å². The van der Waals surface area contributed by atoms with Crippen LogP contribution in [-0.4, -0.2) is 17.3 Å². The first-order valence-corrected chi connectivity index (χ1v) is 6.75. The van der Waals surface area contributed by atoms with Gasteiger partial charge >= 0.3 is 0 Å². The Morgan fingerprint density at radius 1 is 1.69 bits per heavy atom. The Kier molecular flexibility index (Phi) is 3.24. The molecular formula is C9H14N2S2. The van der Waals surface area contributed by atoms with Crippen molar-refractivity contribution in [2.75, 3.05) is 6.26 Å². The zero-order valence-corrected chi connectivity index (χ0v) is 9.38. The number of nitrogens with one attached hydrogen (secondary N) is 1. The second kappa shape index (κ2) is 4.44. The molecule has 0 unspecified atom stereocenters. The van der Waals surface area contributed by atoms with Gasteiger partial charge in [0.1, 0.15) is 5.01 Å². The maximum absolute atomic E-state index is 4.36. The van der Waals surface area contributed by atoms with Crippen molar-refractivity contribution >= 4 is 23.1 Å². The fraction of sp³-hybridized carbons (Fsp3) is 0.667. The van der Waals surface area contributed by atoms with Crippen LogP contribution in [0.2, 0.25) is 0 Å². The summed E-state index contributed by atoms with van der Waals surface area (Å²) in [7, 11) is 0. The monoisotopic (exact) mass is 214 g/mol. The van der Waals surface area contributed by atoms with E-state index in [1.54, 1.807) is 0 Å². The van der Waals surface area contributed by atoms with Crippen LogP contribution in [0.4, 0.5) is 0 Å². The van der Waals surface area contributed by atoms with Crippen molar-refractivity contribution in [1.82, 2.24) is 10.3 Å². The van der Waals surface area contributed by atoms with Gasteiger partial charge in [0.2, 0.25) is 0 Å². The molecule has 2 rings (SSSR count). The lowest BCUT2D eigenvalue weighted by atomic mass is 10.5. The molecule has 0 radical (unpaired) electrons. The average Bonchev–Trinajstić information content (AvgIpc) is 2.85. The van der Waals surface area contributed by atoms with E-state index in [4.69, 9.17) is 0 Å². The van der Waals surface area contributed by atoms with Crippen molar-refractivity contribution in [2.24, 2.45) is 0 Å². The molecule has 0 aliphatic heterocycles. The smallest absolute Gasteiger partial charge is 0.103 e. The summed E-state index contributed by atoms with van der Waals surface area (Å²) < 4.78 is 0. The summed E-state index contributed by atoms with van der Waals surface area (Å²) >= 11 is 3.67. The first-order valence-electron chi connectivity index (χ1n) is 4.54. The lowest BCUT2D eigenvalue weighted by molar-refractivity contribution is 0.694. The zero-order chi connectivity index (χ0) is 9.10. The van der Waals surface area contributed by atoms with E-state index in [0.29, 0.717) is 0 Å². The first kappa shape index (κ1) is 9.49. The molecule has 1 aromatic heterocycles. The van der Waals surface area contributed by atoms with Gasteiger partial charge in [-0.05, 0) is 19.1 Å². The van der Waals surface area contributed by atoms with Gasteiger partial charge in [-0.25, -0.2) is 4.98 Å². The maximum Gasteiger partial charge on any atom is 0.103 e. The van der Waals surface area contributed by atoms with E-state index in [0.717, 1.165) is 18.3 Å². The normalized spacial score (nSPS) is 16.4. The van der Waals surface area contributed by atoms with Crippen LogP contribution in [0.5, 0.6) is 0 Å². The molecule has 4 heteroatoms. The number of rotatable bonds is 5. The Morgan fingerprint density at radius 2 is 2.54 bits per heavy atom. The maximum atomic E-state index is 4.36. The van der Waals surface area contributed by atoms with Crippen molar-refractivity contribution in [2.45, 2.75) is 31.2 Å². The van der Waals surface area contributed by atoms with Crippen LogP contribution in [-0.2, 0) is 12.3 Å². The molecule has 0 aromatic carbocycles. The number of hydrogen-bond donors (Lipinski definition) is 1. The molecule has 1 aromatic rings. The Balaban J connectivity index is 1.81. The van der Waals surface area contributed by atoms with E-state index < -0.39 is 0 Å². The minimum atomic E-state index is 0.797. The van der Waals surface area contributed by atoms with Crippen molar-refractivity contribution < 1.29 is 0 Å². The molecule has 0 spiro atoms. The number of hydrogen-bond acceptors (Lipinski definition) is 4. The van der Waals surface area contributed by atoms with Crippen LogP contribution in [0.15, 0.2) is 6.20 Å². The molecule has 1 N–H and O–H groups in total. The molecule has 1 fully saturated rings. The third kappa shape index (κ3) is 2.97. The van der Waals surface area contributed by atoms with Gasteiger partial charge in [0.15, 0.2) is 0 Å². The molecule has 1 saturated carbocycles. The Morgan fingerprint density at radius 3 is 3.23 bits per heavy atom. The topological polar surface area (TPSA) is 24.9 Å². The number of aromatic nitrogens is 1. The van der Waals surface area contributed by atoms with Crippen LogP contribution < -0.4 is 5.32 Å². The predicted molar refractivity (Wildman–Crippen MR) is 59.2 cm³/mol. The number of nitrogens with zero attached hydrogens (tertiary/aromatic N) is 1. The van der Waals surface area contributed by atoms with Gasteiger partial charge in [-0.2, -0.15) is 11.8 Å². The van der Waals surface area contributed by atoms with Crippen LogP contribution in [0.3, 0.4) is 0 Å². The average molecular weight is 214 g/mol. The lowest BCUT2D eigenvalue weighted by Crippen LogP contribution is -2.14. The highest BCUT2D eigenvalue weighted by Crippen LogP contribution is 2.21. The standard InChI is InChI=1S/C9H14N2S2/c1-12-6-9-11-5-8(13-9)4-10-7-2-3-7/h5,7,10H,2-4,6H2,1H3. The fourth-order valence-corrected chi connectivity index (χ4v) is 2.73. The molecule has 0 bridgehead atoms. The first-order chi connectivity index (χ1) is 6.38. The van der Waals surface area contributed by atoms with Crippen molar-refractivity contribution in [1.29, 1.82) is 0 Å². The summed E-state index contributed by atoms with van der Waals surface area (Å²) in [6, 6.07) is 0.797. The molecule has 72 valence electrons. The third-order valence-corrected chi connectivity index (χ3v) is 3.75. The van der Waals surface area contributed by atoms with Gasteiger partial charge < -0.3 is 5.32 Å². The van der Waals surface area contributed by atoms with Gasteiger partial charge in [0.05, 0.1) is 0 Å². The van der Waals surface area contributed by atoms with Gasteiger partial charge in [-0.15, -0.1) is 11.3 Å². The summed E-state index contributed by atoms with van der Waals surface area (Å²) in [5.41, 5.74) is 0. The summed E-state index contributed by atoms with van der Waals surface area (Å²) in [4.78, 5) is 5.73. The van der Waals surface area contributed by atoms with Gasteiger partial charge in [0.25, 0.3) is 0 Å². The molecule has 1 aliphatic rings. The van der Waals surface area contributed by atoms with Gasteiger partial charge in [-0.3, -0.25) is 0 Å².